The molecule has 25 heavy (non-hydrogen) atoms. The van der Waals surface area contributed by atoms with Gasteiger partial charge in [-0.1, -0.05) is 38.3 Å². The fourth-order valence-electron chi connectivity index (χ4n) is 3.74. The first kappa shape index (κ1) is 19.4. The van der Waals surface area contributed by atoms with Gasteiger partial charge in [-0.25, -0.2) is 0 Å². The molecule has 4 nitrogen and oxygen atoms in total. The Morgan fingerprint density at radius 3 is 2.84 bits per heavy atom. The molecule has 2 atom stereocenters. The van der Waals surface area contributed by atoms with E-state index in [4.69, 9.17) is 5.26 Å². The Hall–Kier alpha value is -1.88. The van der Waals surface area contributed by atoms with Gasteiger partial charge in [0.15, 0.2) is 0 Å². The lowest BCUT2D eigenvalue weighted by molar-refractivity contribution is 0.223. The first-order valence-corrected chi connectivity index (χ1v) is 9.54. The Labute approximate surface area is 152 Å². The van der Waals surface area contributed by atoms with Gasteiger partial charge in [-0.3, -0.25) is 4.90 Å². The van der Waals surface area contributed by atoms with Crippen LogP contribution >= 0.6 is 0 Å². The maximum absolute atomic E-state index is 9.18. The number of rotatable bonds is 9. The first-order valence-electron chi connectivity index (χ1n) is 9.54. The summed E-state index contributed by atoms with van der Waals surface area (Å²) in [6, 6.07) is 11.7. The average Bonchev–Trinajstić information content (AvgIpc) is 3.07. The third-order valence-electron chi connectivity index (χ3n) is 5.17. The highest BCUT2D eigenvalue weighted by atomic mass is 15.2. The molecular formula is C21H30N4. The summed E-state index contributed by atoms with van der Waals surface area (Å²) in [5, 5.41) is 21.4. The van der Waals surface area contributed by atoms with Crippen LogP contribution in [0.3, 0.4) is 0 Å². The normalized spacial score (nSPS) is 18.6. The first-order chi connectivity index (χ1) is 12.2. The van der Waals surface area contributed by atoms with Crippen molar-refractivity contribution in [3.8, 4) is 12.1 Å². The number of benzene rings is 1. The van der Waals surface area contributed by atoms with Crippen molar-refractivity contribution in [3.63, 3.8) is 0 Å². The minimum atomic E-state index is 0.431. The van der Waals surface area contributed by atoms with Crippen molar-refractivity contribution in [2.24, 2.45) is 0 Å². The molecular weight excluding hydrogens is 308 g/mol. The van der Waals surface area contributed by atoms with Crippen LogP contribution in [0.1, 0.15) is 68.2 Å². The second kappa shape index (κ2) is 10.2. The SMILES string of the molecule is CCCCCC(c1ccc(C#N)c(C)c1)N1CCC(NCCC#N)C1. The molecule has 0 aliphatic carbocycles. The van der Waals surface area contributed by atoms with E-state index < -0.39 is 0 Å². The number of unbranched alkanes of at least 4 members (excludes halogenated alkanes) is 2. The molecule has 1 N–H and O–H groups in total. The van der Waals surface area contributed by atoms with Crippen molar-refractivity contribution in [2.75, 3.05) is 19.6 Å². The molecule has 0 aromatic heterocycles. The number of aryl methyl sites for hydroxylation is 1. The summed E-state index contributed by atoms with van der Waals surface area (Å²) in [6.45, 7) is 7.19. The third-order valence-corrected chi connectivity index (χ3v) is 5.17. The van der Waals surface area contributed by atoms with Crippen LogP contribution in [0.4, 0.5) is 0 Å². The van der Waals surface area contributed by atoms with Gasteiger partial charge in [0.1, 0.15) is 0 Å². The smallest absolute Gasteiger partial charge is 0.0994 e. The van der Waals surface area contributed by atoms with E-state index in [-0.39, 0.29) is 0 Å². The second-order valence-corrected chi connectivity index (χ2v) is 7.04. The lowest BCUT2D eigenvalue weighted by Gasteiger charge is -2.29. The summed E-state index contributed by atoms with van der Waals surface area (Å²) < 4.78 is 0. The van der Waals surface area contributed by atoms with Crippen LogP contribution in [0.15, 0.2) is 18.2 Å². The largest absolute Gasteiger partial charge is 0.312 e. The van der Waals surface area contributed by atoms with E-state index in [0.717, 1.165) is 37.2 Å². The minimum absolute atomic E-state index is 0.431. The van der Waals surface area contributed by atoms with Crippen LogP contribution in [0.2, 0.25) is 0 Å². The Morgan fingerprint density at radius 1 is 1.32 bits per heavy atom. The van der Waals surface area contributed by atoms with Gasteiger partial charge in [-0.05, 0) is 37.0 Å². The fourth-order valence-corrected chi connectivity index (χ4v) is 3.74. The Kier molecular flexibility index (Phi) is 7.92. The lowest BCUT2D eigenvalue weighted by atomic mass is 9.96. The summed E-state index contributed by atoms with van der Waals surface area (Å²) in [7, 11) is 0. The van der Waals surface area contributed by atoms with Gasteiger partial charge in [-0.2, -0.15) is 10.5 Å². The van der Waals surface area contributed by atoms with Crippen molar-refractivity contribution in [1.29, 1.82) is 10.5 Å². The molecule has 2 unspecified atom stereocenters. The Balaban J connectivity index is 2.07. The van der Waals surface area contributed by atoms with Crippen LogP contribution in [-0.4, -0.2) is 30.6 Å². The summed E-state index contributed by atoms with van der Waals surface area (Å²) in [5.74, 6) is 0. The quantitative estimate of drug-likeness (QED) is 0.690. The van der Waals surface area contributed by atoms with Crippen LogP contribution < -0.4 is 5.32 Å². The summed E-state index contributed by atoms with van der Waals surface area (Å²) in [4.78, 5) is 2.58. The molecule has 1 fully saturated rings. The van der Waals surface area contributed by atoms with Crippen LogP contribution in [-0.2, 0) is 0 Å². The molecule has 134 valence electrons. The van der Waals surface area contributed by atoms with Crippen LogP contribution in [0.5, 0.6) is 0 Å². The molecule has 0 saturated carbocycles. The maximum atomic E-state index is 9.18. The van der Waals surface area contributed by atoms with E-state index >= 15 is 0 Å². The van der Waals surface area contributed by atoms with E-state index in [1.807, 2.05) is 13.0 Å². The highest BCUT2D eigenvalue weighted by Gasteiger charge is 2.28. The van der Waals surface area contributed by atoms with Crippen molar-refractivity contribution in [3.05, 3.63) is 34.9 Å². The predicted octanol–water partition coefficient (Wildman–Crippen LogP) is 4.07. The van der Waals surface area contributed by atoms with Crippen molar-refractivity contribution in [1.82, 2.24) is 10.2 Å². The zero-order valence-corrected chi connectivity index (χ0v) is 15.6. The molecule has 1 aliphatic rings. The van der Waals surface area contributed by atoms with E-state index in [1.165, 1.54) is 31.2 Å². The summed E-state index contributed by atoms with van der Waals surface area (Å²) in [5.41, 5.74) is 3.18. The topological polar surface area (TPSA) is 62.9 Å². The molecule has 0 amide bonds. The molecule has 1 saturated heterocycles. The number of likely N-dealkylation sites (tertiary alicyclic amines) is 1. The average molecular weight is 338 g/mol. The molecule has 1 aromatic carbocycles. The molecule has 0 radical (unpaired) electrons. The molecule has 0 bridgehead atoms. The highest BCUT2D eigenvalue weighted by molar-refractivity contribution is 5.40. The zero-order valence-electron chi connectivity index (χ0n) is 15.6. The van der Waals surface area contributed by atoms with Gasteiger partial charge in [0.2, 0.25) is 0 Å². The highest BCUT2D eigenvalue weighted by Crippen LogP contribution is 2.31. The third kappa shape index (κ3) is 5.56. The summed E-state index contributed by atoms with van der Waals surface area (Å²) >= 11 is 0. The minimum Gasteiger partial charge on any atom is -0.312 e. The lowest BCUT2D eigenvalue weighted by Crippen LogP contribution is -2.34. The standard InChI is InChI=1S/C21H30N4/c1-3-4-5-7-21(18-8-9-19(15-23)17(2)14-18)25-13-10-20(16-25)24-12-6-11-22/h8-9,14,20-21,24H,3-7,10,12-13,16H2,1-2H3. The molecule has 0 spiro atoms. The molecule has 1 heterocycles. The van der Waals surface area contributed by atoms with Gasteiger partial charge in [0.05, 0.1) is 17.7 Å². The van der Waals surface area contributed by atoms with Crippen molar-refractivity contribution >= 4 is 0 Å². The maximum Gasteiger partial charge on any atom is 0.0994 e. The zero-order chi connectivity index (χ0) is 18.1. The number of hydrogen-bond donors (Lipinski definition) is 1. The predicted molar refractivity (Wildman–Crippen MR) is 101 cm³/mol. The number of nitriles is 2. The second-order valence-electron chi connectivity index (χ2n) is 7.04. The number of nitrogens with zero attached hydrogens (tertiary/aromatic N) is 3. The molecule has 1 aliphatic heterocycles. The van der Waals surface area contributed by atoms with E-state index in [0.29, 0.717) is 18.5 Å². The van der Waals surface area contributed by atoms with Crippen LogP contribution in [0, 0.1) is 29.6 Å². The van der Waals surface area contributed by atoms with Crippen molar-refractivity contribution in [2.45, 2.75) is 64.5 Å². The van der Waals surface area contributed by atoms with Gasteiger partial charge in [0, 0.05) is 38.1 Å². The fraction of sp³-hybridized carbons (Fsp3) is 0.619. The molecule has 2 rings (SSSR count). The monoisotopic (exact) mass is 338 g/mol. The van der Waals surface area contributed by atoms with Gasteiger partial charge >= 0.3 is 0 Å². The van der Waals surface area contributed by atoms with Crippen LogP contribution in [0.25, 0.3) is 0 Å². The number of nitrogens with one attached hydrogen (secondary N) is 1. The molecule has 4 heteroatoms. The number of hydrogen-bond acceptors (Lipinski definition) is 4. The molecule has 1 aromatic rings. The van der Waals surface area contributed by atoms with Crippen molar-refractivity contribution < 1.29 is 0 Å². The van der Waals surface area contributed by atoms with E-state index in [9.17, 15) is 5.26 Å². The van der Waals surface area contributed by atoms with Gasteiger partial charge in [-0.15, -0.1) is 0 Å². The van der Waals surface area contributed by atoms with Gasteiger partial charge in [0.25, 0.3) is 0 Å². The summed E-state index contributed by atoms with van der Waals surface area (Å²) in [6.07, 6.45) is 6.63. The van der Waals surface area contributed by atoms with E-state index in [2.05, 4.69) is 41.4 Å². The Bertz CT molecular complexity index is 626. The van der Waals surface area contributed by atoms with Gasteiger partial charge < -0.3 is 5.32 Å². The van der Waals surface area contributed by atoms with E-state index in [1.54, 1.807) is 0 Å². The Morgan fingerprint density at radius 2 is 2.16 bits per heavy atom.